The normalized spacial score (nSPS) is 19.2. The molecule has 7 nitrogen and oxygen atoms in total. The summed E-state index contributed by atoms with van der Waals surface area (Å²) in [6.07, 6.45) is 3.46. The molecule has 170 valence electrons. The third-order valence-electron chi connectivity index (χ3n) is 6.61. The number of fused-ring (bicyclic) bond motifs is 1. The first-order valence-electron chi connectivity index (χ1n) is 11.1. The second-order valence-electron chi connectivity index (χ2n) is 8.64. The van der Waals surface area contributed by atoms with Crippen molar-refractivity contribution in [1.82, 2.24) is 4.90 Å². The smallest absolute Gasteiger partial charge is 0.225 e. The number of piperidine rings is 1. The highest BCUT2D eigenvalue weighted by atomic mass is 16.7. The van der Waals surface area contributed by atoms with Gasteiger partial charge in [-0.05, 0) is 48.2 Å². The molecule has 5 rings (SSSR count). The number of carbonyl (C=O) groups excluding carboxylic acids is 1. The van der Waals surface area contributed by atoms with Crippen LogP contribution in [0.25, 0.3) is 11.1 Å². The van der Waals surface area contributed by atoms with Gasteiger partial charge in [0.15, 0.2) is 11.5 Å². The minimum atomic E-state index is -0.637. The van der Waals surface area contributed by atoms with Crippen LogP contribution in [0, 0.1) is 5.92 Å². The summed E-state index contributed by atoms with van der Waals surface area (Å²) >= 11 is 0. The largest absolute Gasteiger partial charge is 0.493 e. The van der Waals surface area contributed by atoms with Gasteiger partial charge in [-0.3, -0.25) is 4.79 Å². The number of hydrogen-bond donors (Lipinski definition) is 0. The van der Waals surface area contributed by atoms with Crippen molar-refractivity contribution >= 4 is 5.91 Å². The predicted octanol–water partition coefficient (Wildman–Crippen LogP) is 4.02. The minimum absolute atomic E-state index is 0.256. The van der Waals surface area contributed by atoms with Crippen LogP contribution in [0.2, 0.25) is 0 Å². The van der Waals surface area contributed by atoms with Crippen LogP contribution in [0.3, 0.4) is 0 Å². The van der Waals surface area contributed by atoms with E-state index in [0.29, 0.717) is 55.7 Å². The Hall–Kier alpha value is -2.93. The van der Waals surface area contributed by atoms with Gasteiger partial charge in [0.05, 0.1) is 27.9 Å². The van der Waals surface area contributed by atoms with Crippen LogP contribution in [0.1, 0.15) is 31.2 Å². The van der Waals surface area contributed by atoms with Crippen LogP contribution in [0.4, 0.5) is 0 Å². The number of rotatable bonds is 5. The molecular formula is C25H29NO6. The van der Waals surface area contributed by atoms with Gasteiger partial charge in [-0.2, -0.15) is 0 Å². The first-order valence-corrected chi connectivity index (χ1v) is 11.1. The Labute approximate surface area is 188 Å². The molecule has 2 aromatic carbocycles. The Morgan fingerprint density at radius 3 is 2.25 bits per heavy atom. The molecule has 1 spiro atoms. The number of hydrogen-bond acceptors (Lipinski definition) is 6. The van der Waals surface area contributed by atoms with E-state index in [9.17, 15) is 4.79 Å². The van der Waals surface area contributed by atoms with Gasteiger partial charge in [-0.25, -0.2) is 0 Å². The zero-order chi connectivity index (χ0) is 22.3. The molecule has 1 saturated carbocycles. The lowest BCUT2D eigenvalue weighted by atomic mass is 9.98. The first kappa shape index (κ1) is 20.9. The molecule has 1 aliphatic carbocycles. The van der Waals surface area contributed by atoms with Crippen LogP contribution < -0.4 is 18.9 Å². The molecule has 2 heterocycles. The van der Waals surface area contributed by atoms with E-state index in [0.717, 1.165) is 35.3 Å². The van der Waals surface area contributed by atoms with Gasteiger partial charge in [0.1, 0.15) is 5.75 Å². The Kier molecular flexibility index (Phi) is 5.37. The fourth-order valence-electron chi connectivity index (χ4n) is 4.56. The summed E-state index contributed by atoms with van der Waals surface area (Å²) in [5, 5.41) is 0. The van der Waals surface area contributed by atoms with Gasteiger partial charge in [-0.1, -0.05) is 6.07 Å². The Balaban J connectivity index is 1.34. The summed E-state index contributed by atoms with van der Waals surface area (Å²) in [5.41, 5.74) is 2.96. The molecule has 3 aliphatic rings. The molecule has 0 unspecified atom stereocenters. The van der Waals surface area contributed by atoms with Crippen molar-refractivity contribution in [2.45, 2.75) is 38.1 Å². The Morgan fingerprint density at radius 1 is 0.969 bits per heavy atom. The van der Waals surface area contributed by atoms with E-state index in [1.54, 1.807) is 21.3 Å². The zero-order valence-electron chi connectivity index (χ0n) is 18.8. The second kappa shape index (κ2) is 8.20. The van der Waals surface area contributed by atoms with E-state index in [2.05, 4.69) is 6.07 Å². The van der Waals surface area contributed by atoms with Crippen molar-refractivity contribution in [2.24, 2.45) is 5.92 Å². The maximum absolute atomic E-state index is 12.4. The van der Waals surface area contributed by atoms with Crippen molar-refractivity contribution in [3.63, 3.8) is 0 Å². The summed E-state index contributed by atoms with van der Waals surface area (Å²) in [7, 11) is 4.81. The molecule has 1 saturated heterocycles. The van der Waals surface area contributed by atoms with Gasteiger partial charge >= 0.3 is 0 Å². The third-order valence-corrected chi connectivity index (χ3v) is 6.61. The molecular weight excluding hydrogens is 410 g/mol. The lowest BCUT2D eigenvalue weighted by molar-refractivity contribution is -0.227. The molecule has 2 aromatic rings. The molecule has 0 N–H and O–H groups in total. The van der Waals surface area contributed by atoms with Crippen molar-refractivity contribution in [1.29, 1.82) is 0 Å². The van der Waals surface area contributed by atoms with Crippen LogP contribution in [-0.4, -0.2) is 51.0 Å². The van der Waals surface area contributed by atoms with E-state index in [-0.39, 0.29) is 5.92 Å². The van der Waals surface area contributed by atoms with E-state index >= 15 is 0 Å². The fraction of sp³-hybridized carbons (Fsp3) is 0.480. The monoisotopic (exact) mass is 439 g/mol. The number of carbonyl (C=O) groups is 1. The maximum Gasteiger partial charge on any atom is 0.225 e. The average molecular weight is 440 g/mol. The summed E-state index contributed by atoms with van der Waals surface area (Å²) < 4.78 is 29.0. The first-order chi connectivity index (χ1) is 15.6. The number of amides is 1. The lowest BCUT2D eigenvalue weighted by Gasteiger charge is -2.44. The molecule has 0 aromatic heterocycles. The summed E-state index contributed by atoms with van der Waals surface area (Å²) in [6.45, 7) is 1.85. The molecule has 0 radical (unpaired) electrons. The molecule has 0 bridgehead atoms. The molecule has 2 fully saturated rings. The van der Waals surface area contributed by atoms with E-state index in [1.807, 2.05) is 29.2 Å². The summed E-state index contributed by atoms with van der Waals surface area (Å²) in [4.78, 5) is 14.3. The quantitative estimate of drug-likeness (QED) is 0.701. The standard InChI is InChI=1S/C25H29NO6/c1-28-21-13-18(14-22(29-2)23(21)30-3)17-6-7-20-19(12-17)15-31-25(32-20)8-10-26(11-9-25)24(27)16-4-5-16/h6-7,12-14,16H,4-5,8-11,15H2,1-3H3. The van der Waals surface area contributed by atoms with E-state index in [4.69, 9.17) is 23.7 Å². The van der Waals surface area contributed by atoms with Gasteiger partial charge < -0.3 is 28.6 Å². The number of likely N-dealkylation sites (tertiary alicyclic amines) is 1. The van der Waals surface area contributed by atoms with Crippen molar-refractivity contribution in [3.05, 3.63) is 35.9 Å². The second-order valence-corrected chi connectivity index (χ2v) is 8.64. The predicted molar refractivity (Wildman–Crippen MR) is 118 cm³/mol. The Morgan fingerprint density at radius 2 is 1.66 bits per heavy atom. The highest BCUT2D eigenvalue weighted by Crippen LogP contribution is 2.44. The van der Waals surface area contributed by atoms with Crippen LogP contribution in [0.5, 0.6) is 23.0 Å². The van der Waals surface area contributed by atoms with Crippen molar-refractivity contribution < 1.29 is 28.5 Å². The average Bonchev–Trinajstić information content (AvgIpc) is 3.68. The summed E-state index contributed by atoms with van der Waals surface area (Å²) in [6, 6.07) is 9.97. The van der Waals surface area contributed by atoms with Crippen LogP contribution >= 0.6 is 0 Å². The molecule has 32 heavy (non-hydrogen) atoms. The number of nitrogens with zero attached hydrogens (tertiary/aromatic N) is 1. The number of benzene rings is 2. The summed E-state index contributed by atoms with van der Waals surface area (Å²) in [5.74, 6) is 2.54. The van der Waals surface area contributed by atoms with Crippen LogP contribution in [-0.2, 0) is 16.1 Å². The Bertz CT molecular complexity index is 998. The van der Waals surface area contributed by atoms with Crippen molar-refractivity contribution in [3.8, 4) is 34.1 Å². The molecule has 0 atom stereocenters. The molecule has 1 amide bonds. The molecule has 7 heteroatoms. The van der Waals surface area contributed by atoms with E-state index < -0.39 is 5.79 Å². The minimum Gasteiger partial charge on any atom is -0.493 e. The maximum atomic E-state index is 12.4. The van der Waals surface area contributed by atoms with Gasteiger partial charge in [0.2, 0.25) is 17.4 Å². The van der Waals surface area contributed by atoms with Crippen LogP contribution in [0.15, 0.2) is 30.3 Å². The van der Waals surface area contributed by atoms with Crippen molar-refractivity contribution in [2.75, 3.05) is 34.4 Å². The SMILES string of the molecule is COc1cc(-c2ccc3c(c2)COC2(CCN(C(=O)C4CC4)CC2)O3)cc(OC)c1OC. The van der Waals surface area contributed by atoms with Gasteiger partial charge in [0, 0.05) is 37.4 Å². The van der Waals surface area contributed by atoms with E-state index in [1.165, 1.54) is 0 Å². The highest BCUT2D eigenvalue weighted by Gasteiger charge is 2.44. The third kappa shape index (κ3) is 3.75. The number of methoxy groups -OCH3 is 3. The number of ether oxygens (including phenoxy) is 5. The topological polar surface area (TPSA) is 66.5 Å². The highest BCUT2D eigenvalue weighted by molar-refractivity contribution is 5.81. The van der Waals surface area contributed by atoms with Gasteiger partial charge in [-0.15, -0.1) is 0 Å². The van der Waals surface area contributed by atoms with Gasteiger partial charge in [0.25, 0.3) is 0 Å². The fourth-order valence-corrected chi connectivity index (χ4v) is 4.56. The molecule has 2 aliphatic heterocycles. The lowest BCUT2D eigenvalue weighted by Crippen LogP contribution is -2.52. The zero-order valence-corrected chi connectivity index (χ0v) is 18.8.